The van der Waals surface area contributed by atoms with Gasteiger partial charge in [-0.2, -0.15) is 0 Å². The second-order valence-corrected chi connectivity index (χ2v) is 10.9. The van der Waals surface area contributed by atoms with Gasteiger partial charge in [0, 0.05) is 40.4 Å². The topological polar surface area (TPSA) is 97.6 Å². The largest absolute Gasteiger partial charge is 0.352 e. The second-order valence-electron chi connectivity index (χ2n) is 10.9. The number of Topliss-reactive ketones (excluding diaryl/α,β-unsaturated/α-hetero) is 3. The van der Waals surface area contributed by atoms with Crippen molar-refractivity contribution < 1.29 is 19.3 Å². The Balaban J connectivity index is 1.57. The van der Waals surface area contributed by atoms with Gasteiger partial charge in [-0.05, 0) is 29.7 Å². The number of carbonyl (C=O) groups is 3. The molecule has 41 heavy (non-hydrogen) atoms. The summed E-state index contributed by atoms with van der Waals surface area (Å²) in [6, 6.07) is 25.7. The molecule has 2 aliphatic heterocycles. The fraction of sp³-hybridized carbons (Fsp3) is 0.147. The number of carbonyl (C=O) groups excluding carboxylic acids is 3. The number of hydrogen-bond acceptors (Lipinski definition) is 6. The molecule has 1 spiro atoms. The number of ketones is 3. The molecule has 4 aromatic carbocycles. The van der Waals surface area contributed by atoms with Crippen molar-refractivity contribution in [2.75, 3.05) is 4.90 Å². The molecule has 0 N–H and O–H groups in total. The average Bonchev–Trinajstić information content (AvgIpc) is 3.43. The van der Waals surface area contributed by atoms with Gasteiger partial charge in [0.05, 0.1) is 11.0 Å². The first-order chi connectivity index (χ1) is 19.8. The Labute approximate surface area is 235 Å². The molecule has 1 aliphatic carbocycles. The lowest BCUT2D eigenvalue weighted by molar-refractivity contribution is -0.384. The van der Waals surface area contributed by atoms with Crippen molar-refractivity contribution in [1.82, 2.24) is 0 Å². The quantitative estimate of drug-likeness (QED) is 0.132. The molecule has 0 unspecified atom stereocenters. The Morgan fingerprint density at radius 2 is 1.54 bits per heavy atom. The summed E-state index contributed by atoms with van der Waals surface area (Å²) >= 11 is 0. The first kappa shape index (κ1) is 24.8. The van der Waals surface area contributed by atoms with Crippen LogP contribution in [0.3, 0.4) is 0 Å². The molecule has 0 bridgehead atoms. The highest BCUT2D eigenvalue weighted by molar-refractivity contribution is 6.32. The molecule has 1 saturated heterocycles. The van der Waals surface area contributed by atoms with Crippen LogP contribution in [0.5, 0.6) is 0 Å². The van der Waals surface area contributed by atoms with Crippen LogP contribution in [0.1, 0.15) is 53.7 Å². The molecule has 3 aliphatic rings. The first-order valence-corrected chi connectivity index (χ1v) is 13.4. The molecule has 0 aromatic heterocycles. The molecule has 4 aromatic rings. The van der Waals surface area contributed by atoms with Crippen molar-refractivity contribution in [3.05, 3.63) is 147 Å². The number of nitro groups is 1. The van der Waals surface area contributed by atoms with Crippen LogP contribution >= 0.6 is 0 Å². The lowest BCUT2D eigenvalue weighted by Gasteiger charge is -2.37. The van der Waals surface area contributed by atoms with Gasteiger partial charge in [-0.3, -0.25) is 24.5 Å². The molecule has 2 heterocycles. The van der Waals surface area contributed by atoms with Gasteiger partial charge >= 0.3 is 0 Å². The predicted octanol–water partition coefficient (Wildman–Crippen LogP) is 6.22. The van der Waals surface area contributed by atoms with E-state index in [2.05, 4.69) is 0 Å². The highest BCUT2D eigenvalue weighted by atomic mass is 16.6. The standard InChI is InChI=1S/C34H24N2O5/c1-20-14-15-21-16-17-28-34(32(38)25-12-5-6-13-26(25)33(34)39)29(23-10-7-11-24(19-23)36(40)41)30(35(28)27(21)18-20)31(37)22-8-3-2-4-9-22/h2-19,28-30H,1H3/t28-,29-,30-/m1/s1. The third-order valence-corrected chi connectivity index (χ3v) is 8.73. The van der Waals surface area contributed by atoms with Crippen LogP contribution in [0.15, 0.2) is 103 Å². The van der Waals surface area contributed by atoms with Crippen LogP contribution in [0, 0.1) is 22.5 Å². The van der Waals surface area contributed by atoms with Gasteiger partial charge in [0.2, 0.25) is 0 Å². The zero-order chi connectivity index (χ0) is 28.5. The van der Waals surface area contributed by atoms with E-state index >= 15 is 0 Å². The molecule has 0 saturated carbocycles. The summed E-state index contributed by atoms with van der Waals surface area (Å²) in [5.41, 5.74) is 2.15. The van der Waals surface area contributed by atoms with Crippen molar-refractivity contribution in [2.45, 2.75) is 24.9 Å². The van der Waals surface area contributed by atoms with E-state index in [0.717, 1.165) is 16.8 Å². The zero-order valence-electron chi connectivity index (χ0n) is 22.1. The van der Waals surface area contributed by atoms with E-state index in [1.165, 1.54) is 12.1 Å². The summed E-state index contributed by atoms with van der Waals surface area (Å²) in [7, 11) is 0. The molecule has 1 fully saturated rings. The highest BCUT2D eigenvalue weighted by Gasteiger charge is 2.71. The normalized spacial score (nSPS) is 21.5. The molecule has 7 nitrogen and oxygen atoms in total. The van der Waals surface area contributed by atoms with E-state index in [9.17, 15) is 24.5 Å². The number of nitro benzene ring substituents is 1. The van der Waals surface area contributed by atoms with Gasteiger partial charge < -0.3 is 4.90 Å². The summed E-state index contributed by atoms with van der Waals surface area (Å²) < 4.78 is 0. The van der Waals surface area contributed by atoms with Crippen LogP contribution in [-0.2, 0) is 0 Å². The van der Waals surface area contributed by atoms with Crippen molar-refractivity contribution in [2.24, 2.45) is 5.41 Å². The smallest absolute Gasteiger partial charge is 0.269 e. The molecule has 7 rings (SSSR count). The summed E-state index contributed by atoms with van der Waals surface area (Å²) in [5.74, 6) is -1.99. The van der Waals surface area contributed by atoms with Crippen LogP contribution < -0.4 is 4.90 Å². The molecule has 0 radical (unpaired) electrons. The number of anilines is 1. The van der Waals surface area contributed by atoms with Gasteiger partial charge in [-0.1, -0.05) is 91.0 Å². The van der Waals surface area contributed by atoms with E-state index in [1.807, 2.05) is 48.2 Å². The maximum absolute atomic E-state index is 14.6. The van der Waals surface area contributed by atoms with Gasteiger partial charge in [-0.15, -0.1) is 0 Å². The Hall–Kier alpha value is -5.17. The average molecular weight is 541 g/mol. The van der Waals surface area contributed by atoms with Gasteiger partial charge in [0.15, 0.2) is 17.3 Å². The lowest BCUT2D eigenvalue weighted by Crippen LogP contribution is -2.48. The van der Waals surface area contributed by atoms with E-state index < -0.39 is 28.3 Å². The van der Waals surface area contributed by atoms with Crippen LogP contribution in [0.25, 0.3) is 6.08 Å². The van der Waals surface area contributed by atoms with Crippen LogP contribution in [0.2, 0.25) is 0 Å². The Morgan fingerprint density at radius 3 is 2.22 bits per heavy atom. The number of hydrogen-bond donors (Lipinski definition) is 0. The number of benzene rings is 4. The zero-order valence-corrected chi connectivity index (χ0v) is 22.1. The summed E-state index contributed by atoms with van der Waals surface area (Å²) in [4.78, 5) is 57.2. The second kappa shape index (κ2) is 8.93. The minimum absolute atomic E-state index is 0.171. The minimum atomic E-state index is -1.70. The number of fused-ring (bicyclic) bond motifs is 5. The van der Waals surface area contributed by atoms with Gasteiger partial charge in [0.25, 0.3) is 5.69 Å². The molecule has 7 heteroatoms. The summed E-state index contributed by atoms with van der Waals surface area (Å²) in [5, 5.41) is 11.9. The van der Waals surface area contributed by atoms with Gasteiger partial charge in [-0.25, -0.2) is 0 Å². The van der Waals surface area contributed by atoms with Crippen LogP contribution in [0.4, 0.5) is 11.4 Å². The van der Waals surface area contributed by atoms with E-state index in [4.69, 9.17) is 0 Å². The molecule has 0 amide bonds. The van der Waals surface area contributed by atoms with Crippen molar-refractivity contribution in [3.8, 4) is 0 Å². The Kier molecular flexibility index (Phi) is 5.41. The third kappa shape index (κ3) is 3.35. The van der Waals surface area contributed by atoms with E-state index in [1.54, 1.807) is 60.7 Å². The monoisotopic (exact) mass is 540 g/mol. The minimum Gasteiger partial charge on any atom is -0.352 e. The summed E-state index contributed by atoms with van der Waals surface area (Å²) in [6.07, 6.45) is 3.75. The molecule has 3 atom stereocenters. The van der Waals surface area contributed by atoms with Crippen molar-refractivity contribution >= 4 is 34.8 Å². The van der Waals surface area contributed by atoms with Crippen LogP contribution in [-0.4, -0.2) is 34.4 Å². The van der Waals surface area contributed by atoms with E-state index in [-0.39, 0.29) is 23.0 Å². The molecular weight excluding hydrogens is 516 g/mol. The maximum atomic E-state index is 14.6. The number of aryl methyl sites for hydroxylation is 1. The SMILES string of the molecule is Cc1ccc2c(c1)N1[C@@H](C(=O)c3ccccc3)[C@@H](c3cccc([N+](=O)[O-])c3)C3(C(=O)c4ccccc4C3=O)[C@H]1C=C2. The van der Waals surface area contributed by atoms with Gasteiger partial charge in [0.1, 0.15) is 11.5 Å². The van der Waals surface area contributed by atoms with Crippen molar-refractivity contribution in [3.63, 3.8) is 0 Å². The third-order valence-electron chi connectivity index (χ3n) is 8.73. The summed E-state index contributed by atoms with van der Waals surface area (Å²) in [6.45, 7) is 1.95. The first-order valence-electron chi connectivity index (χ1n) is 13.4. The number of non-ortho nitro benzene ring substituents is 1. The van der Waals surface area contributed by atoms with E-state index in [0.29, 0.717) is 22.3 Å². The highest BCUT2D eigenvalue weighted by Crippen LogP contribution is 2.61. The molecular formula is C34H24N2O5. The molecule has 200 valence electrons. The maximum Gasteiger partial charge on any atom is 0.269 e. The fourth-order valence-corrected chi connectivity index (χ4v) is 7.05. The Morgan fingerprint density at radius 1 is 0.854 bits per heavy atom. The predicted molar refractivity (Wildman–Crippen MR) is 154 cm³/mol. The lowest BCUT2D eigenvalue weighted by atomic mass is 9.64. The van der Waals surface area contributed by atoms with Crippen molar-refractivity contribution in [1.29, 1.82) is 0 Å². The number of rotatable bonds is 4. The number of nitrogens with zero attached hydrogens (tertiary/aromatic N) is 2. The fourth-order valence-electron chi connectivity index (χ4n) is 7.05. The Bertz CT molecular complexity index is 1790.